The number of nitro groups is 1. The van der Waals surface area contributed by atoms with Crippen LogP contribution in [0.3, 0.4) is 0 Å². The van der Waals surface area contributed by atoms with Crippen LogP contribution in [-0.4, -0.2) is 29.6 Å². The largest absolute Gasteiger partial charge is 0.478 e. The van der Waals surface area contributed by atoms with Crippen molar-refractivity contribution in [3.63, 3.8) is 0 Å². The van der Waals surface area contributed by atoms with E-state index in [9.17, 15) is 14.9 Å². The molecule has 1 aromatic rings. The average molecular weight is 224 g/mol. The van der Waals surface area contributed by atoms with E-state index >= 15 is 0 Å². The van der Waals surface area contributed by atoms with Crippen LogP contribution in [0.25, 0.3) is 0 Å². The monoisotopic (exact) mass is 224 g/mol. The first-order chi connectivity index (χ1) is 7.47. The summed E-state index contributed by atoms with van der Waals surface area (Å²) in [4.78, 5) is 22.6. The van der Waals surface area contributed by atoms with Gasteiger partial charge in [-0.1, -0.05) is 0 Å². The number of anilines is 1. The van der Waals surface area contributed by atoms with E-state index in [1.165, 1.54) is 18.2 Å². The summed E-state index contributed by atoms with van der Waals surface area (Å²) in [7, 11) is 1.67. The molecule has 1 aromatic carbocycles. The number of hydrogen-bond acceptors (Lipinski definition) is 4. The SMILES string of the molecule is CCN(C)c1cc(C(=O)O)ccc1[N+](=O)[O-]. The minimum absolute atomic E-state index is 0.0425. The maximum Gasteiger partial charge on any atom is 0.335 e. The van der Waals surface area contributed by atoms with E-state index in [1.807, 2.05) is 6.92 Å². The summed E-state index contributed by atoms with van der Waals surface area (Å²) >= 11 is 0. The van der Waals surface area contributed by atoms with Crippen molar-refractivity contribution in [2.24, 2.45) is 0 Å². The normalized spacial score (nSPS) is 9.88. The predicted octanol–water partition coefficient (Wildman–Crippen LogP) is 1.75. The Morgan fingerprint density at radius 3 is 2.62 bits per heavy atom. The van der Waals surface area contributed by atoms with E-state index < -0.39 is 10.9 Å². The maximum atomic E-state index is 10.8. The molecule has 0 unspecified atom stereocenters. The van der Waals surface area contributed by atoms with Crippen LogP contribution >= 0.6 is 0 Å². The highest BCUT2D eigenvalue weighted by Gasteiger charge is 2.18. The maximum absolute atomic E-state index is 10.8. The van der Waals surface area contributed by atoms with E-state index in [-0.39, 0.29) is 11.3 Å². The molecule has 0 bridgehead atoms. The van der Waals surface area contributed by atoms with Crippen molar-refractivity contribution in [3.8, 4) is 0 Å². The number of carboxylic acids is 1. The number of nitrogens with zero attached hydrogens (tertiary/aromatic N) is 2. The smallest absolute Gasteiger partial charge is 0.335 e. The molecular formula is C10H12N2O4. The van der Waals surface area contributed by atoms with Crippen LogP contribution in [0.5, 0.6) is 0 Å². The number of nitro benzene ring substituents is 1. The van der Waals surface area contributed by atoms with E-state index in [1.54, 1.807) is 11.9 Å². The minimum atomic E-state index is -1.10. The third-order valence-electron chi connectivity index (χ3n) is 2.30. The summed E-state index contributed by atoms with van der Waals surface area (Å²) in [5.41, 5.74) is 0.266. The Morgan fingerprint density at radius 1 is 1.56 bits per heavy atom. The fourth-order valence-corrected chi connectivity index (χ4v) is 1.29. The first-order valence-electron chi connectivity index (χ1n) is 4.70. The molecule has 0 spiro atoms. The van der Waals surface area contributed by atoms with E-state index in [0.717, 1.165) is 0 Å². The van der Waals surface area contributed by atoms with Crippen molar-refractivity contribution < 1.29 is 14.8 Å². The zero-order chi connectivity index (χ0) is 12.3. The molecule has 1 rings (SSSR count). The first-order valence-corrected chi connectivity index (χ1v) is 4.70. The molecule has 0 amide bonds. The Kier molecular flexibility index (Phi) is 3.44. The van der Waals surface area contributed by atoms with Crippen LogP contribution in [0.2, 0.25) is 0 Å². The number of benzene rings is 1. The van der Waals surface area contributed by atoms with Crippen LogP contribution in [0.4, 0.5) is 11.4 Å². The van der Waals surface area contributed by atoms with Gasteiger partial charge in [-0.05, 0) is 19.1 Å². The molecule has 0 fully saturated rings. The Morgan fingerprint density at radius 2 is 2.19 bits per heavy atom. The Bertz CT molecular complexity index is 431. The van der Waals surface area contributed by atoms with Crippen LogP contribution < -0.4 is 4.90 Å². The number of hydrogen-bond donors (Lipinski definition) is 1. The minimum Gasteiger partial charge on any atom is -0.478 e. The number of carboxylic acid groups (broad SMARTS) is 1. The van der Waals surface area contributed by atoms with Gasteiger partial charge in [0.15, 0.2) is 0 Å². The van der Waals surface area contributed by atoms with Gasteiger partial charge in [-0.15, -0.1) is 0 Å². The fraction of sp³-hybridized carbons (Fsp3) is 0.300. The van der Waals surface area contributed by atoms with Gasteiger partial charge in [-0.2, -0.15) is 0 Å². The van der Waals surface area contributed by atoms with Gasteiger partial charge in [0.05, 0.1) is 10.5 Å². The Balaban J connectivity index is 3.32. The number of aromatic carboxylic acids is 1. The van der Waals surface area contributed by atoms with Gasteiger partial charge in [0.25, 0.3) is 5.69 Å². The summed E-state index contributed by atoms with van der Waals surface area (Å²) in [6, 6.07) is 3.75. The molecule has 0 atom stereocenters. The molecule has 0 aliphatic carbocycles. The van der Waals surface area contributed by atoms with Gasteiger partial charge in [0, 0.05) is 19.7 Å². The van der Waals surface area contributed by atoms with Gasteiger partial charge in [0.2, 0.25) is 0 Å². The molecule has 0 heterocycles. The highest BCUT2D eigenvalue weighted by Crippen LogP contribution is 2.28. The third kappa shape index (κ3) is 2.28. The second kappa shape index (κ2) is 4.61. The zero-order valence-corrected chi connectivity index (χ0v) is 9.01. The van der Waals surface area contributed by atoms with Crippen LogP contribution in [0.1, 0.15) is 17.3 Å². The summed E-state index contributed by atoms with van der Waals surface area (Å²) < 4.78 is 0. The summed E-state index contributed by atoms with van der Waals surface area (Å²) in [5, 5.41) is 19.6. The molecule has 0 saturated heterocycles. The number of rotatable bonds is 4. The van der Waals surface area contributed by atoms with Crippen molar-refractivity contribution in [2.45, 2.75) is 6.92 Å². The Labute approximate surface area is 92.3 Å². The second-order valence-electron chi connectivity index (χ2n) is 3.28. The molecule has 0 aliphatic heterocycles. The molecule has 0 saturated carbocycles. The van der Waals surface area contributed by atoms with Crippen molar-refractivity contribution in [1.29, 1.82) is 0 Å². The molecule has 1 N–H and O–H groups in total. The average Bonchev–Trinajstić information content (AvgIpc) is 2.26. The predicted molar refractivity (Wildman–Crippen MR) is 59.0 cm³/mol. The first kappa shape index (κ1) is 12.0. The summed E-state index contributed by atoms with van der Waals surface area (Å²) in [5.74, 6) is -1.10. The Hall–Kier alpha value is -2.11. The summed E-state index contributed by atoms with van der Waals surface area (Å²) in [6.45, 7) is 2.39. The fourth-order valence-electron chi connectivity index (χ4n) is 1.29. The van der Waals surface area contributed by atoms with E-state index in [4.69, 9.17) is 5.11 Å². The van der Waals surface area contributed by atoms with Crippen molar-refractivity contribution in [1.82, 2.24) is 0 Å². The van der Waals surface area contributed by atoms with Crippen LogP contribution in [0.15, 0.2) is 18.2 Å². The molecule has 6 heteroatoms. The molecule has 16 heavy (non-hydrogen) atoms. The van der Waals surface area contributed by atoms with Gasteiger partial charge in [-0.3, -0.25) is 10.1 Å². The van der Waals surface area contributed by atoms with Crippen molar-refractivity contribution in [3.05, 3.63) is 33.9 Å². The molecular weight excluding hydrogens is 212 g/mol. The molecule has 86 valence electrons. The topological polar surface area (TPSA) is 83.7 Å². The molecule has 0 aliphatic rings. The highest BCUT2D eigenvalue weighted by atomic mass is 16.6. The van der Waals surface area contributed by atoms with E-state index in [2.05, 4.69) is 0 Å². The van der Waals surface area contributed by atoms with Gasteiger partial charge >= 0.3 is 5.97 Å². The standard InChI is InChI=1S/C10H12N2O4/c1-3-11(2)9-6-7(10(13)14)4-5-8(9)12(15)16/h4-6H,3H2,1-2H3,(H,13,14). The van der Waals surface area contributed by atoms with Crippen LogP contribution in [0, 0.1) is 10.1 Å². The quantitative estimate of drug-likeness (QED) is 0.622. The molecule has 6 nitrogen and oxygen atoms in total. The summed E-state index contributed by atoms with van der Waals surface area (Å²) in [6.07, 6.45) is 0. The van der Waals surface area contributed by atoms with Gasteiger partial charge in [0.1, 0.15) is 5.69 Å². The van der Waals surface area contributed by atoms with Crippen molar-refractivity contribution in [2.75, 3.05) is 18.5 Å². The van der Waals surface area contributed by atoms with Crippen molar-refractivity contribution >= 4 is 17.3 Å². The van der Waals surface area contributed by atoms with Crippen LogP contribution in [-0.2, 0) is 0 Å². The van der Waals surface area contributed by atoms with Gasteiger partial charge < -0.3 is 10.0 Å². The zero-order valence-electron chi connectivity index (χ0n) is 9.01. The van der Waals surface area contributed by atoms with Gasteiger partial charge in [-0.25, -0.2) is 4.79 Å². The molecule has 0 radical (unpaired) electrons. The lowest BCUT2D eigenvalue weighted by atomic mass is 10.1. The number of carbonyl (C=O) groups is 1. The lowest BCUT2D eigenvalue weighted by Gasteiger charge is -2.16. The highest BCUT2D eigenvalue weighted by molar-refractivity contribution is 5.90. The third-order valence-corrected chi connectivity index (χ3v) is 2.30. The molecule has 0 aromatic heterocycles. The lowest BCUT2D eigenvalue weighted by Crippen LogP contribution is -2.17. The lowest BCUT2D eigenvalue weighted by molar-refractivity contribution is -0.384. The second-order valence-corrected chi connectivity index (χ2v) is 3.28. The van der Waals surface area contributed by atoms with E-state index in [0.29, 0.717) is 12.2 Å².